The van der Waals surface area contributed by atoms with Gasteiger partial charge in [0, 0.05) is 35.0 Å². The van der Waals surface area contributed by atoms with E-state index in [1.807, 2.05) is 26.8 Å². The van der Waals surface area contributed by atoms with Gasteiger partial charge in [0.15, 0.2) is 5.43 Å². The number of aliphatic hydroxyl groups is 1. The zero-order valence-electron chi connectivity index (χ0n) is 21.3. The molecule has 3 rings (SSSR count). The predicted molar refractivity (Wildman–Crippen MR) is 142 cm³/mol. The molecule has 2 aliphatic carbocycles. The van der Waals surface area contributed by atoms with E-state index in [-0.39, 0.29) is 22.2 Å². The average Bonchev–Trinajstić information content (AvgIpc) is 2.97. The molecule has 0 saturated heterocycles. The van der Waals surface area contributed by atoms with E-state index in [4.69, 9.17) is 4.42 Å². The molecular weight excluding hydrogens is 442 g/mol. The molecule has 0 saturated carbocycles. The minimum atomic E-state index is -1.08. The number of carboxylic acids is 1. The molecule has 35 heavy (non-hydrogen) atoms. The normalized spacial score (nSPS) is 14.2. The van der Waals surface area contributed by atoms with E-state index in [1.165, 1.54) is 18.2 Å². The second-order valence-corrected chi connectivity index (χ2v) is 9.03. The summed E-state index contributed by atoms with van der Waals surface area (Å²) in [5.74, 6) is -0.727. The summed E-state index contributed by atoms with van der Waals surface area (Å²) in [7, 11) is 0. The maximum absolute atomic E-state index is 12.3. The Labute approximate surface area is 206 Å². The van der Waals surface area contributed by atoms with Crippen LogP contribution in [-0.2, 0) is 4.79 Å². The van der Waals surface area contributed by atoms with Crippen molar-refractivity contribution in [1.29, 1.82) is 0 Å². The van der Waals surface area contributed by atoms with Crippen LogP contribution >= 0.6 is 0 Å². The monoisotopic (exact) mass is 477 g/mol. The molecule has 0 spiro atoms. The molecule has 0 atom stereocenters. The number of rotatable bonds is 6. The summed E-state index contributed by atoms with van der Waals surface area (Å²) in [5, 5.41) is 24.0. The third-order valence-electron chi connectivity index (χ3n) is 5.03. The van der Waals surface area contributed by atoms with Crippen LogP contribution in [0.5, 0.6) is 0 Å². The van der Waals surface area contributed by atoms with E-state index in [2.05, 4.69) is 26.1 Å². The van der Waals surface area contributed by atoms with Crippen molar-refractivity contribution >= 4 is 23.7 Å². The van der Waals surface area contributed by atoms with Gasteiger partial charge in [-0.25, -0.2) is 4.79 Å². The Bertz CT molecular complexity index is 1330. The zero-order chi connectivity index (χ0) is 26.2. The number of carboxylic acid groups (broad SMARTS) is 1. The number of aliphatic carboxylic acids is 1. The van der Waals surface area contributed by atoms with Crippen LogP contribution in [0.25, 0.3) is 29.0 Å². The summed E-state index contributed by atoms with van der Waals surface area (Å²) < 4.78 is 5.95. The quantitative estimate of drug-likeness (QED) is 0.410. The highest BCUT2D eigenvalue weighted by molar-refractivity contribution is 6.03. The van der Waals surface area contributed by atoms with E-state index in [0.717, 1.165) is 0 Å². The molecule has 6 heteroatoms. The minimum absolute atomic E-state index is 0.0356. The Morgan fingerprint density at radius 1 is 1.17 bits per heavy atom. The van der Waals surface area contributed by atoms with E-state index >= 15 is 0 Å². The van der Waals surface area contributed by atoms with Crippen LogP contribution in [0.15, 0.2) is 69.2 Å². The summed E-state index contributed by atoms with van der Waals surface area (Å²) in [5.41, 5.74) is 1.97. The number of hydrogen-bond acceptors (Lipinski definition) is 5. The largest absolute Gasteiger partial charge is 0.508 e. The second-order valence-electron chi connectivity index (χ2n) is 9.03. The molecular formula is C29H35NO5. The van der Waals surface area contributed by atoms with Crippen molar-refractivity contribution in [3.8, 4) is 11.3 Å². The van der Waals surface area contributed by atoms with E-state index in [1.54, 1.807) is 36.6 Å². The van der Waals surface area contributed by atoms with E-state index in [9.17, 15) is 19.8 Å². The fraction of sp³-hybridized carbons (Fsp3) is 0.310. The lowest BCUT2D eigenvalue weighted by atomic mass is 9.91. The maximum atomic E-state index is 12.3. The fourth-order valence-corrected chi connectivity index (χ4v) is 3.58. The molecule has 0 radical (unpaired) electrons. The first-order chi connectivity index (χ1) is 16.6. The molecule has 0 aromatic heterocycles. The van der Waals surface area contributed by atoms with E-state index in [0.29, 0.717) is 46.1 Å². The Balaban J connectivity index is 0.00000210. The molecule has 186 valence electrons. The molecule has 0 amide bonds. The Kier molecular flexibility index (Phi) is 9.46. The minimum Gasteiger partial charge on any atom is -0.508 e. The molecule has 0 aromatic rings. The molecule has 3 aliphatic rings. The molecule has 1 aliphatic heterocycles. The Morgan fingerprint density at radius 2 is 1.89 bits per heavy atom. The summed E-state index contributed by atoms with van der Waals surface area (Å²) in [6.45, 7) is 12.7. The van der Waals surface area contributed by atoms with E-state index < -0.39 is 5.97 Å². The fourth-order valence-electron chi connectivity index (χ4n) is 3.58. The summed E-state index contributed by atoms with van der Waals surface area (Å²) in [6, 6.07) is 4.44. The van der Waals surface area contributed by atoms with Gasteiger partial charge in [0.25, 0.3) is 0 Å². The highest BCUT2D eigenvalue weighted by Crippen LogP contribution is 2.29. The summed E-state index contributed by atoms with van der Waals surface area (Å²) in [4.78, 5) is 24.4. The van der Waals surface area contributed by atoms with Crippen molar-refractivity contribution < 1.29 is 19.4 Å². The third-order valence-corrected chi connectivity index (χ3v) is 5.03. The van der Waals surface area contributed by atoms with Gasteiger partial charge < -0.3 is 19.9 Å². The average molecular weight is 478 g/mol. The number of allylic oxidation sites excluding steroid dienone is 5. The van der Waals surface area contributed by atoms with Gasteiger partial charge >= 0.3 is 5.97 Å². The number of aliphatic hydroxyl groups excluding tert-OH is 1. The molecule has 0 bridgehead atoms. The van der Waals surface area contributed by atoms with Crippen molar-refractivity contribution in [2.75, 3.05) is 6.54 Å². The van der Waals surface area contributed by atoms with Gasteiger partial charge in [-0.2, -0.15) is 0 Å². The smallest absolute Gasteiger partial charge is 0.336 e. The van der Waals surface area contributed by atoms with Gasteiger partial charge in [0.1, 0.15) is 16.9 Å². The summed E-state index contributed by atoms with van der Waals surface area (Å²) in [6.07, 6.45) is 12.1. The maximum Gasteiger partial charge on any atom is 0.336 e. The lowest BCUT2D eigenvalue weighted by molar-refractivity contribution is -0.132. The Morgan fingerprint density at radius 3 is 2.51 bits per heavy atom. The van der Waals surface area contributed by atoms with Crippen molar-refractivity contribution in [3.63, 3.8) is 0 Å². The first kappa shape index (κ1) is 27.4. The van der Waals surface area contributed by atoms with Gasteiger partial charge in [-0.15, -0.1) is 0 Å². The number of carbonyl (C=O) groups is 1. The third kappa shape index (κ3) is 7.09. The van der Waals surface area contributed by atoms with Crippen LogP contribution in [0.3, 0.4) is 0 Å². The van der Waals surface area contributed by atoms with Crippen LogP contribution in [0.4, 0.5) is 0 Å². The summed E-state index contributed by atoms with van der Waals surface area (Å²) >= 11 is 0. The van der Waals surface area contributed by atoms with Crippen LogP contribution in [0.2, 0.25) is 0 Å². The molecule has 3 N–H and O–H groups in total. The standard InChI is InChI=1S/C27H29NO5.C2H6/c1-5-7-19(20(26(31)32)12-13-28-16-27(2,3)4)25-21-9-6-8-17(29)14-23(21)33-24-15-18(30)10-11-22(24)25;1-2/h5,7-15,28-29H,6,16H2,1-4H3,(H,31,32);1-2H3/b7-5-,13-12-,20-19-;. The van der Waals surface area contributed by atoms with Crippen molar-refractivity contribution in [2.24, 2.45) is 5.41 Å². The molecule has 6 nitrogen and oxygen atoms in total. The van der Waals surface area contributed by atoms with Crippen LogP contribution < -0.4 is 21.4 Å². The van der Waals surface area contributed by atoms with Crippen LogP contribution in [-0.4, -0.2) is 22.7 Å². The highest BCUT2D eigenvalue weighted by Gasteiger charge is 2.21. The van der Waals surface area contributed by atoms with Crippen LogP contribution in [0, 0.1) is 5.41 Å². The number of benzene rings is 1. The van der Waals surface area contributed by atoms with Crippen molar-refractivity contribution in [2.45, 2.75) is 48.0 Å². The van der Waals surface area contributed by atoms with Gasteiger partial charge in [-0.1, -0.05) is 52.8 Å². The van der Waals surface area contributed by atoms with Crippen molar-refractivity contribution in [3.05, 3.63) is 86.5 Å². The number of nitrogens with one attached hydrogen (secondary N) is 1. The first-order valence-corrected chi connectivity index (χ1v) is 11.8. The predicted octanol–water partition coefficient (Wildman–Crippen LogP) is 4.74. The highest BCUT2D eigenvalue weighted by atomic mass is 16.4. The molecule has 1 heterocycles. The first-order valence-electron chi connectivity index (χ1n) is 11.8. The van der Waals surface area contributed by atoms with Gasteiger partial charge in [0.2, 0.25) is 0 Å². The molecule has 0 aromatic carbocycles. The van der Waals surface area contributed by atoms with Crippen LogP contribution in [0.1, 0.15) is 53.5 Å². The zero-order valence-corrected chi connectivity index (χ0v) is 21.3. The molecule has 0 fully saturated rings. The lowest BCUT2D eigenvalue weighted by Crippen LogP contribution is -2.30. The SMILES string of the molecule is CC.C\C=C/C(=C(\C=C/NCC(C)(C)C)C(=O)O)c1c2ccc(=O)cc-2oc2c1=CCC=C(O)C=2. The molecule has 0 unspecified atom stereocenters. The van der Waals surface area contributed by atoms with Gasteiger partial charge in [-0.3, -0.25) is 4.79 Å². The topological polar surface area (TPSA) is 99.8 Å². The van der Waals surface area contributed by atoms with Gasteiger partial charge in [0.05, 0.1) is 5.57 Å². The number of hydrogen-bond donors (Lipinski definition) is 3. The second kappa shape index (κ2) is 12.1. The lowest BCUT2D eigenvalue weighted by Gasteiger charge is -2.18. The van der Waals surface area contributed by atoms with Crippen molar-refractivity contribution in [1.82, 2.24) is 5.32 Å². The van der Waals surface area contributed by atoms with Gasteiger partial charge in [-0.05, 0) is 54.8 Å². The Hall–Kier alpha value is -3.80. The number of fused-ring (bicyclic) bond motifs is 2.